The predicted molar refractivity (Wildman–Crippen MR) is 59.0 cm³/mol. The lowest BCUT2D eigenvalue weighted by atomic mass is 9.82. The van der Waals surface area contributed by atoms with Crippen molar-refractivity contribution in [2.45, 2.75) is 12.6 Å². The van der Waals surface area contributed by atoms with Gasteiger partial charge in [-0.15, -0.1) is 0 Å². The van der Waals surface area contributed by atoms with Gasteiger partial charge in [-0.3, -0.25) is 9.59 Å². The smallest absolute Gasteiger partial charge is 0.406 e. The maximum atomic E-state index is 12.3. The first kappa shape index (κ1) is 13.9. The third-order valence-corrected chi connectivity index (χ3v) is 3.82. The summed E-state index contributed by atoms with van der Waals surface area (Å²) in [6.45, 7) is -1.35. The number of hydrogen-bond donors (Lipinski definition) is 1. The number of amides is 1. The molecular weight excluding hydrogens is 263 g/mol. The highest BCUT2D eigenvalue weighted by Gasteiger charge is 2.52. The number of carboxylic acids is 1. The molecule has 0 radical (unpaired) electrons. The van der Waals surface area contributed by atoms with Gasteiger partial charge in [0.15, 0.2) is 0 Å². The van der Waals surface area contributed by atoms with Crippen LogP contribution in [0.2, 0.25) is 0 Å². The number of nitrogens with zero attached hydrogens (tertiary/aromatic N) is 1. The zero-order valence-electron chi connectivity index (χ0n) is 10.2. The Hall–Kier alpha value is -1.53. The first-order valence-electron chi connectivity index (χ1n) is 5.93. The third kappa shape index (κ3) is 2.59. The second-order valence-electron chi connectivity index (χ2n) is 5.15. The van der Waals surface area contributed by atoms with Gasteiger partial charge in [-0.25, -0.2) is 0 Å². The van der Waals surface area contributed by atoms with E-state index in [-0.39, 0.29) is 11.8 Å². The molecule has 0 aromatic carbocycles. The zero-order chi connectivity index (χ0) is 14.4. The van der Waals surface area contributed by atoms with Crippen LogP contribution >= 0.6 is 0 Å². The lowest BCUT2D eigenvalue weighted by Gasteiger charge is -2.28. The number of hydrogen-bond acceptors (Lipinski definition) is 2. The highest BCUT2D eigenvalue weighted by atomic mass is 19.4. The van der Waals surface area contributed by atoms with Crippen molar-refractivity contribution in [2.24, 2.45) is 23.7 Å². The lowest BCUT2D eigenvalue weighted by Crippen LogP contribution is -2.44. The third-order valence-electron chi connectivity index (χ3n) is 3.82. The van der Waals surface area contributed by atoms with Crippen molar-refractivity contribution in [3.63, 3.8) is 0 Å². The molecule has 0 saturated heterocycles. The summed E-state index contributed by atoms with van der Waals surface area (Å²) in [7, 11) is 1.06. The van der Waals surface area contributed by atoms with Gasteiger partial charge in [0, 0.05) is 7.05 Å². The molecule has 0 aromatic rings. The minimum absolute atomic E-state index is 0.240. The fourth-order valence-electron chi connectivity index (χ4n) is 3.10. The van der Waals surface area contributed by atoms with Gasteiger partial charge in [0.2, 0.25) is 5.91 Å². The van der Waals surface area contributed by atoms with Crippen molar-refractivity contribution in [1.29, 1.82) is 0 Å². The molecule has 2 bridgehead atoms. The van der Waals surface area contributed by atoms with E-state index in [0.29, 0.717) is 11.3 Å². The molecule has 0 aliphatic heterocycles. The Morgan fingerprint density at radius 3 is 2.26 bits per heavy atom. The van der Waals surface area contributed by atoms with Crippen LogP contribution in [0.4, 0.5) is 13.2 Å². The molecule has 1 amide bonds. The summed E-state index contributed by atoms with van der Waals surface area (Å²) in [5.74, 6) is -4.12. The van der Waals surface area contributed by atoms with Crippen molar-refractivity contribution >= 4 is 11.9 Å². The van der Waals surface area contributed by atoms with E-state index in [9.17, 15) is 22.8 Å². The summed E-state index contributed by atoms with van der Waals surface area (Å²) in [4.78, 5) is 23.8. The van der Waals surface area contributed by atoms with E-state index in [4.69, 9.17) is 5.11 Å². The first-order chi connectivity index (χ1) is 8.70. The molecule has 0 spiro atoms. The number of allylic oxidation sites excluding steroid dienone is 2. The Morgan fingerprint density at radius 2 is 1.79 bits per heavy atom. The van der Waals surface area contributed by atoms with Crippen LogP contribution in [-0.2, 0) is 9.59 Å². The lowest BCUT2D eigenvalue weighted by molar-refractivity contribution is -0.164. The summed E-state index contributed by atoms with van der Waals surface area (Å²) < 4.78 is 36.8. The summed E-state index contributed by atoms with van der Waals surface area (Å²) in [6, 6.07) is 0. The van der Waals surface area contributed by atoms with Crippen LogP contribution in [0.3, 0.4) is 0 Å². The Labute approximate surface area is 107 Å². The fraction of sp³-hybridized carbons (Fsp3) is 0.667. The Kier molecular flexibility index (Phi) is 3.32. The van der Waals surface area contributed by atoms with Crippen LogP contribution in [0.25, 0.3) is 0 Å². The Balaban J connectivity index is 2.14. The summed E-state index contributed by atoms with van der Waals surface area (Å²) in [5.41, 5.74) is 0. The van der Waals surface area contributed by atoms with Crippen LogP contribution in [0, 0.1) is 23.7 Å². The second kappa shape index (κ2) is 4.54. The quantitative estimate of drug-likeness (QED) is 0.796. The molecule has 1 fully saturated rings. The van der Waals surface area contributed by atoms with Gasteiger partial charge < -0.3 is 10.0 Å². The van der Waals surface area contributed by atoms with Crippen molar-refractivity contribution in [3.05, 3.63) is 12.2 Å². The SMILES string of the molecule is CN(CC(F)(F)F)C(=O)C1C2C=CC(C2)C1C(=O)O. The van der Waals surface area contributed by atoms with E-state index < -0.39 is 36.4 Å². The molecule has 4 atom stereocenters. The van der Waals surface area contributed by atoms with Crippen molar-refractivity contribution in [2.75, 3.05) is 13.6 Å². The largest absolute Gasteiger partial charge is 0.481 e. The predicted octanol–water partition coefficient (Wildman–Crippen LogP) is 1.53. The molecule has 2 rings (SSSR count). The minimum atomic E-state index is -4.48. The van der Waals surface area contributed by atoms with Crippen LogP contribution in [0.5, 0.6) is 0 Å². The van der Waals surface area contributed by atoms with E-state index >= 15 is 0 Å². The molecule has 4 unspecified atom stereocenters. The summed E-state index contributed by atoms with van der Waals surface area (Å²) in [5, 5.41) is 9.14. The van der Waals surface area contributed by atoms with Gasteiger partial charge in [-0.1, -0.05) is 12.2 Å². The number of aliphatic carboxylic acids is 1. The number of carbonyl (C=O) groups is 2. The van der Waals surface area contributed by atoms with E-state index in [2.05, 4.69) is 0 Å². The Bertz CT molecular complexity index is 432. The second-order valence-corrected chi connectivity index (χ2v) is 5.15. The molecule has 0 heterocycles. The number of fused-ring (bicyclic) bond motifs is 2. The molecule has 106 valence electrons. The van der Waals surface area contributed by atoms with Gasteiger partial charge in [-0.05, 0) is 18.3 Å². The van der Waals surface area contributed by atoms with Crippen LogP contribution in [0.1, 0.15) is 6.42 Å². The fourth-order valence-corrected chi connectivity index (χ4v) is 3.10. The Morgan fingerprint density at radius 1 is 1.26 bits per heavy atom. The standard InChI is InChI=1S/C12H14F3NO3/c1-16(5-12(13,14)15)10(17)8-6-2-3-7(4-6)9(8)11(18)19/h2-3,6-9H,4-5H2,1H3,(H,18,19). The van der Waals surface area contributed by atoms with Gasteiger partial charge >= 0.3 is 12.1 Å². The monoisotopic (exact) mass is 277 g/mol. The number of carboxylic acid groups (broad SMARTS) is 1. The molecule has 7 heteroatoms. The average molecular weight is 277 g/mol. The number of halogens is 3. The maximum absolute atomic E-state index is 12.3. The summed E-state index contributed by atoms with van der Waals surface area (Å²) >= 11 is 0. The van der Waals surface area contributed by atoms with Gasteiger partial charge in [0.1, 0.15) is 6.54 Å². The molecule has 19 heavy (non-hydrogen) atoms. The van der Waals surface area contributed by atoms with Crippen molar-refractivity contribution in [3.8, 4) is 0 Å². The highest BCUT2D eigenvalue weighted by molar-refractivity contribution is 5.86. The molecular formula is C12H14F3NO3. The summed E-state index contributed by atoms with van der Waals surface area (Å²) in [6.07, 6.45) is -0.449. The van der Waals surface area contributed by atoms with Crippen LogP contribution < -0.4 is 0 Å². The number of rotatable bonds is 3. The molecule has 1 N–H and O–H groups in total. The maximum Gasteiger partial charge on any atom is 0.406 e. The molecule has 2 aliphatic carbocycles. The first-order valence-corrected chi connectivity index (χ1v) is 5.93. The van der Waals surface area contributed by atoms with E-state index in [0.717, 1.165) is 7.05 Å². The van der Waals surface area contributed by atoms with Crippen LogP contribution in [0.15, 0.2) is 12.2 Å². The molecule has 4 nitrogen and oxygen atoms in total. The van der Waals surface area contributed by atoms with Crippen molar-refractivity contribution in [1.82, 2.24) is 4.90 Å². The number of alkyl halides is 3. The molecule has 2 aliphatic rings. The van der Waals surface area contributed by atoms with Crippen molar-refractivity contribution < 1.29 is 27.9 Å². The average Bonchev–Trinajstić information content (AvgIpc) is 2.84. The minimum Gasteiger partial charge on any atom is -0.481 e. The number of carbonyl (C=O) groups excluding carboxylic acids is 1. The zero-order valence-corrected chi connectivity index (χ0v) is 10.2. The van der Waals surface area contributed by atoms with E-state index in [1.807, 2.05) is 0 Å². The molecule has 1 saturated carbocycles. The van der Waals surface area contributed by atoms with Gasteiger partial charge in [0.05, 0.1) is 11.8 Å². The molecule has 0 aromatic heterocycles. The topological polar surface area (TPSA) is 57.6 Å². The normalized spacial score (nSPS) is 32.6. The van der Waals surface area contributed by atoms with E-state index in [1.54, 1.807) is 12.2 Å². The highest BCUT2D eigenvalue weighted by Crippen LogP contribution is 2.48. The van der Waals surface area contributed by atoms with Crippen LogP contribution in [-0.4, -0.2) is 41.7 Å². The van der Waals surface area contributed by atoms with E-state index in [1.165, 1.54) is 0 Å². The van der Waals surface area contributed by atoms with Gasteiger partial charge in [0.25, 0.3) is 0 Å². The van der Waals surface area contributed by atoms with Gasteiger partial charge in [-0.2, -0.15) is 13.2 Å².